The van der Waals surface area contributed by atoms with Gasteiger partial charge in [0, 0.05) is 37.2 Å². The van der Waals surface area contributed by atoms with Crippen molar-refractivity contribution in [2.45, 2.75) is 44.1 Å². The van der Waals surface area contributed by atoms with Crippen LogP contribution in [0.4, 0.5) is 0 Å². The predicted octanol–water partition coefficient (Wildman–Crippen LogP) is 3.76. The minimum atomic E-state index is 0.221. The van der Waals surface area contributed by atoms with Gasteiger partial charge in [0.1, 0.15) is 11.9 Å². The van der Waals surface area contributed by atoms with Crippen molar-refractivity contribution in [3.8, 4) is 5.88 Å². The zero-order valence-electron chi connectivity index (χ0n) is 17.2. The summed E-state index contributed by atoms with van der Waals surface area (Å²) in [4.78, 5) is 21.1. The van der Waals surface area contributed by atoms with E-state index in [-0.39, 0.29) is 6.10 Å². The molecule has 1 saturated heterocycles. The molecule has 3 aliphatic rings. The average Bonchev–Trinajstić information content (AvgIpc) is 3.54. The molecule has 0 spiro atoms. The number of hydrogen-bond acceptors (Lipinski definition) is 6. The van der Waals surface area contributed by atoms with Gasteiger partial charge in [-0.05, 0) is 56.0 Å². The maximum Gasteiger partial charge on any atom is 0.233 e. The van der Waals surface area contributed by atoms with Crippen molar-refractivity contribution < 1.29 is 4.74 Å². The van der Waals surface area contributed by atoms with E-state index >= 15 is 0 Å². The highest BCUT2D eigenvalue weighted by atomic mass is 16.5. The van der Waals surface area contributed by atoms with Crippen LogP contribution < -0.4 is 4.74 Å². The molecule has 2 fully saturated rings. The van der Waals surface area contributed by atoms with E-state index in [2.05, 4.69) is 40.1 Å². The molecule has 3 aromatic rings. The fourth-order valence-corrected chi connectivity index (χ4v) is 4.43. The lowest BCUT2D eigenvalue weighted by Gasteiger charge is -2.28. The Labute approximate surface area is 176 Å². The van der Waals surface area contributed by atoms with Gasteiger partial charge in [-0.15, -0.1) is 0 Å². The topological polar surface area (TPSA) is 64.0 Å². The standard InChI is InChI=1S/C24H25N5O/c1-29-10-8-17(9-11-29)30-23-14-25-21-6-4-16(12-22(21)27-23)18-5-7-20-19(18)13-26-24(28-20)15-2-3-15/h4-6,12-15,17H,2-3,7-11H2,1H3. The summed E-state index contributed by atoms with van der Waals surface area (Å²) in [5, 5.41) is 0. The molecule has 152 valence electrons. The molecule has 6 rings (SSSR count). The zero-order valence-corrected chi connectivity index (χ0v) is 17.2. The van der Waals surface area contributed by atoms with Crippen LogP contribution in [0.1, 0.15) is 54.2 Å². The second-order valence-corrected chi connectivity index (χ2v) is 8.72. The molecule has 0 bridgehead atoms. The lowest BCUT2D eigenvalue weighted by Crippen LogP contribution is -2.35. The third-order valence-corrected chi connectivity index (χ3v) is 6.40. The number of fused-ring (bicyclic) bond motifs is 2. The molecular weight excluding hydrogens is 374 g/mol. The van der Waals surface area contributed by atoms with E-state index in [1.54, 1.807) is 6.20 Å². The summed E-state index contributed by atoms with van der Waals surface area (Å²) in [7, 11) is 2.15. The molecule has 2 aliphatic carbocycles. The average molecular weight is 399 g/mol. The lowest BCUT2D eigenvalue weighted by molar-refractivity contribution is 0.110. The van der Waals surface area contributed by atoms with Crippen LogP contribution >= 0.6 is 0 Å². The van der Waals surface area contributed by atoms with Gasteiger partial charge in [-0.3, -0.25) is 0 Å². The second kappa shape index (κ2) is 7.13. The molecule has 0 amide bonds. The molecule has 1 aromatic carbocycles. The van der Waals surface area contributed by atoms with Crippen molar-refractivity contribution in [1.82, 2.24) is 24.8 Å². The van der Waals surface area contributed by atoms with Crippen molar-refractivity contribution in [3.63, 3.8) is 0 Å². The van der Waals surface area contributed by atoms with Crippen LogP contribution in [-0.4, -0.2) is 51.1 Å². The largest absolute Gasteiger partial charge is 0.473 e. The lowest BCUT2D eigenvalue weighted by atomic mass is 10.0. The molecule has 2 aromatic heterocycles. The van der Waals surface area contributed by atoms with E-state index in [1.165, 1.54) is 18.4 Å². The first kappa shape index (κ1) is 18.0. The maximum atomic E-state index is 6.14. The van der Waals surface area contributed by atoms with Crippen LogP contribution in [0, 0.1) is 0 Å². The van der Waals surface area contributed by atoms with Gasteiger partial charge in [0.2, 0.25) is 5.88 Å². The Kier molecular flexibility index (Phi) is 4.27. The van der Waals surface area contributed by atoms with Gasteiger partial charge in [0.05, 0.1) is 22.9 Å². The molecule has 30 heavy (non-hydrogen) atoms. The van der Waals surface area contributed by atoms with Crippen molar-refractivity contribution in [1.29, 1.82) is 0 Å². The third-order valence-electron chi connectivity index (χ3n) is 6.40. The monoisotopic (exact) mass is 399 g/mol. The summed E-state index contributed by atoms with van der Waals surface area (Å²) in [6, 6.07) is 6.26. The number of piperidine rings is 1. The first-order valence-electron chi connectivity index (χ1n) is 10.9. The van der Waals surface area contributed by atoms with Crippen LogP contribution in [0.15, 0.2) is 36.7 Å². The molecule has 0 atom stereocenters. The molecule has 0 unspecified atom stereocenters. The summed E-state index contributed by atoms with van der Waals surface area (Å²) in [5.74, 6) is 2.22. The predicted molar refractivity (Wildman–Crippen MR) is 115 cm³/mol. The van der Waals surface area contributed by atoms with Crippen molar-refractivity contribution in [3.05, 3.63) is 59.3 Å². The van der Waals surface area contributed by atoms with E-state index in [0.717, 1.165) is 66.0 Å². The molecule has 0 radical (unpaired) electrons. The van der Waals surface area contributed by atoms with Gasteiger partial charge in [-0.2, -0.15) is 0 Å². The van der Waals surface area contributed by atoms with Crippen LogP contribution in [0.25, 0.3) is 16.6 Å². The van der Waals surface area contributed by atoms with Gasteiger partial charge >= 0.3 is 0 Å². The van der Waals surface area contributed by atoms with Gasteiger partial charge in [0.25, 0.3) is 0 Å². The molecular formula is C24H25N5O. The summed E-state index contributed by atoms with van der Waals surface area (Å²) < 4.78 is 6.14. The van der Waals surface area contributed by atoms with Crippen LogP contribution in [0.3, 0.4) is 0 Å². The fraction of sp³-hybridized carbons (Fsp3) is 0.417. The normalized spacial score (nSPS) is 19.7. The maximum absolute atomic E-state index is 6.14. The highest BCUT2D eigenvalue weighted by Crippen LogP contribution is 2.40. The summed E-state index contributed by atoms with van der Waals surface area (Å²) in [6.45, 7) is 2.13. The number of allylic oxidation sites excluding steroid dienone is 1. The zero-order chi connectivity index (χ0) is 20.1. The smallest absolute Gasteiger partial charge is 0.233 e. The molecule has 1 saturated carbocycles. The first-order valence-corrected chi connectivity index (χ1v) is 10.9. The van der Waals surface area contributed by atoms with Crippen LogP contribution in [0.5, 0.6) is 5.88 Å². The first-order chi connectivity index (χ1) is 14.7. The number of nitrogens with zero attached hydrogens (tertiary/aromatic N) is 5. The number of rotatable bonds is 4. The Bertz CT molecular complexity index is 1150. The SMILES string of the molecule is CN1CCC(Oc2cnc3ccc(C4=CCc5nc(C6CC6)ncc54)cc3n2)CC1. The number of hydrogen-bond donors (Lipinski definition) is 0. The fourth-order valence-electron chi connectivity index (χ4n) is 4.43. The molecule has 6 heteroatoms. The summed E-state index contributed by atoms with van der Waals surface area (Å²) in [5.41, 5.74) is 6.36. The number of likely N-dealkylation sites (tertiary alicyclic amines) is 1. The van der Waals surface area contributed by atoms with Crippen LogP contribution in [0.2, 0.25) is 0 Å². The number of aromatic nitrogens is 4. The van der Waals surface area contributed by atoms with E-state index in [9.17, 15) is 0 Å². The molecule has 1 aliphatic heterocycles. The van der Waals surface area contributed by atoms with E-state index < -0.39 is 0 Å². The van der Waals surface area contributed by atoms with Crippen molar-refractivity contribution in [2.75, 3.05) is 20.1 Å². The highest BCUT2D eigenvalue weighted by Gasteiger charge is 2.28. The van der Waals surface area contributed by atoms with Gasteiger partial charge < -0.3 is 9.64 Å². The molecule has 6 nitrogen and oxygen atoms in total. The van der Waals surface area contributed by atoms with Crippen molar-refractivity contribution >= 4 is 16.6 Å². The van der Waals surface area contributed by atoms with Gasteiger partial charge in [-0.25, -0.2) is 19.9 Å². The Morgan fingerprint density at radius 3 is 2.67 bits per heavy atom. The quantitative estimate of drug-likeness (QED) is 0.666. The summed E-state index contributed by atoms with van der Waals surface area (Å²) in [6.07, 6.45) is 11.6. The minimum absolute atomic E-state index is 0.221. The number of ether oxygens (including phenoxy) is 1. The van der Waals surface area contributed by atoms with Gasteiger partial charge in [0.15, 0.2) is 0 Å². The Hall–Kier alpha value is -2.86. The summed E-state index contributed by atoms with van der Waals surface area (Å²) >= 11 is 0. The van der Waals surface area contributed by atoms with E-state index in [0.29, 0.717) is 11.8 Å². The van der Waals surface area contributed by atoms with Gasteiger partial charge in [-0.1, -0.05) is 12.1 Å². The Balaban J connectivity index is 1.27. The Morgan fingerprint density at radius 1 is 0.967 bits per heavy atom. The van der Waals surface area contributed by atoms with E-state index in [1.807, 2.05) is 12.3 Å². The minimum Gasteiger partial charge on any atom is -0.473 e. The van der Waals surface area contributed by atoms with E-state index in [4.69, 9.17) is 14.7 Å². The second-order valence-electron chi connectivity index (χ2n) is 8.72. The molecule has 0 N–H and O–H groups in total. The molecule has 3 heterocycles. The number of benzene rings is 1. The third kappa shape index (κ3) is 3.35. The highest BCUT2D eigenvalue weighted by molar-refractivity contribution is 5.88. The Morgan fingerprint density at radius 2 is 1.83 bits per heavy atom. The van der Waals surface area contributed by atoms with Crippen molar-refractivity contribution in [2.24, 2.45) is 0 Å². The van der Waals surface area contributed by atoms with Crippen LogP contribution in [-0.2, 0) is 6.42 Å².